The summed E-state index contributed by atoms with van der Waals surface area (Å²) >= 11 is 5.74. The van der Waals surface area contributed by atoms with Crippen molar-refractivity contribution >= 4 is 23.2 Å². The van der Waals surface area contributed by atoms with E-state index in [9.17, 15) is 13.6 Å². The average molecular weight is 394 g/mol. The van der Waals surface area contributed by atoms with E-state index in [2.05, 4.69) is 15.1 Å². The summed E-state index contributed by atoms with van der Waals surface area (Å²) in [5, 5.41) is 2.72. The van der Waals surface area contributed by atoms with Gasteiger partial charge < -0.3 is 5.32 Å². The van der Waals surface area contributed by atoms with Crippen LogP contribution in [0.1, 0.15) is 12.0 Å². The molecule has 4 nitrogen and oxygen atoms in total. The predicted octanol–water partition coefficient (Wildman–Crippen LogP) is 3.76. The molecule has 0 bridgehead atoms. The first-order chi connectivity index (χ1) is 13.0. The number of carbonyl (C=O) groups excluding carboxylic acids is 1. The molecule has 1 N–H and O–H groups in total. The highest BCUT2D eigenvalue weighted by Gasteiger charge is 2.18. The van der Waals surface area contributed by atoms with E-state index in [0.717, 1.165) is 32.6 Å². The second-order valence-electron chi connectivity index (χ2n) is 6.67. The largest absolute Gasteiger partial charge is 0.325 e. The first kappa shape index (κ1) is 19.7. The minimum absolute atomic E-state index is 0.0219. The molecular weight excluding hydrogens is 372 g/mol. The molecule has 0 aliphatic carbocycles. The molecule has 1 saturated heterocycles. The van der Waals surface area contributed by atoms with Gasteiger partial charge in [-0.25, -0.2) is 8.78 Å². The minimum Gasteiger partial charge on any atom is -0.325 e. The Morgan fingerprint density at radius 3 is 2.52 bits per heavy atom. The summed E-state index contributed by atoms with van der Waals surface area (Å²) in [6.45, 7) is 3.98. The zero-order valence-electron chi connectivity index (χ0n) is 14.9. The lowest BCUT2D eigenvalue weighted by atomic mass is 10.2. The number of rotatable bonds is 5. The van der Waals surface area contributed by atoms with E-state index in [1.54, 1.807) is 12.1 Å². The Morgan fingerprint density at radius 2 is 1.74 bits per heavy atom. The van der Waals surface area contributed by atoms with Crippen molar-refractivity contribution in [3.63, 3.8) is 0 Å². The van der Waals surface area contributed by atoms with Gasteiger partial charge in [-0.3, -0.25) is 14.6 Å². The molecule has 0 spiro atoms. The number of carbonyl (C=O) groups is 1. The Labute approximate surface area is 162 Å². The van der Waals surface area contributed by atoms with Gasteiger partial charge in [0.25, 0.3) is 0 Å². The van der Waals surface area contributed by atoms with Crippen molar-refractivity contribution in [3.8, 4) is 0 Å². The number of nitrogens with zero attached hydrogens (tertiary/aromatic N) is 2. The molecular formula is C20H22ClF2N3O. The molecule has 1 aliphatic heterocycles. The highest BCUT2D eigenvalue weighted by molar-refractivity contribution is 6.31. The van der Waals surface area contributed by atoms with Crippen molar-refractivity contribution in [2.24, 2.45) is 0 Å². The Balaban J connectivity index is 1.49. The van der Waals surface area contributed by atoms with E-state index in [0.29, 0.717) is 17.8 Å². The molecule has 144 valence electrons. The standard InChI is InChI=1S/C20H22ClF2N3O/c21-17-12-16(6-7-19(17)23)24-20(27)14-26-9-3-8-25(10-11-26)13-15-4-1-2-5-18(15)22/h1-2,4-7,12H,3,8-11,13-14H2,(H,24,27). The summed E-state index contributed by atoms with van der Waals surface area (Å²) in [5.41, 5.74) is 1.17. The van der Waals surface area contributed by atoms with Crippen molar-refractivity contribution in [2.45, 2.75) is 13.0 Å². The lowest BCUT2D eigenvalue weighted by Crippen LogP contribution is -2.36. The lowest BCUT2D eigenvalue weighted by Gasteiger charge is -2.21. The highest BCUT2D eigenvalue weighted by atomic mass is 35.5. The zero-order valence-corrected chi connectivity index (χ0v) is 15.7. The van der Waals surface area contributed by atoms with E-state index in [1.807, 2.05) is 6.07 Å². The number of hydrogen-bond donors (Lipinski definition) is 1. The van der Waals surface area contributed by atoms with Gasteiger partial charge in [0.1, 0.15) is 11.6 Å². The molecule has 0 radical (unpaired) electrons. The quantitative estimate of drug-likeness (QED) is 0.840. The van der Waals surface area contributed by atoms with Gasteiger partial charge in [0, 0.05) is 30.9 Å². The molecule has 2 aromatic rings. The minimum atomic E-state index is -0.517. The van der Waals surface area contributed by atoms with Crippen molar-refractivity contribution in [1.82, 2.24) is 9.80 Å². The van der Waals surface area contributed by atoms with Gasteiger partial charge in [-0.1, -0.05) is 29.8 Å². The maximum Gasteiger partial charge on any atom is 0.238 e. The summed E-state index contributed by atoms with van der Waals surface area (Å²) in [6.07, 6.45) is 0.907. The van der Waals surface area contributed by atoms with Crippen molar-refractivity contribution in [3.05, 3.63) is 64.7 Å². The third-order valence-electron chi connectivity index (χ3n) is 4.60. The predicted molar refractivity (Wildman–Crippen MR) is 103 cm³/mol. The van der Waals surface area contributed by atoms with Gasteiger partial charge in [-0.15, -0.1) is 0 Å². The molecule has 2 aromatic carbocycles. The van der Waals surface area contributed by atoms with E-state index < -0.39 is 5.82 Å². The van der Waals surface area contributed by atoms with Crippen molar-refractivity contribution < 1.29 is 13.6 Å². The van der Waals surface area contributed by atoms with Gasteiger partial charge in [-0.2, -0.15) is 0 Å². The zero-order chi connectivity index (χ0) is 19.2. The van der Waals surface area contributed by atoms with Crippen LogP contribution in [-0.4, -0.2) is 48.4 Å². The van der Waals surface area contributed by atoms with Crippen LogP contribution < -0.4 is 5.32 Å². The van der Waals surface area contributed by atoms with Crippen LogP contribution in [0.4, 0.5) is 14.5 Å². The number of hydrogen-bond acceptors (Lipinski definition) is 3. The Kier molecular flexibility index (Phi) is 6.77. The average Bonchev–Trinajstić information content (AvgIpc) is 2.85. The number of benzene rings is 2. The van der Waals surface area contributed by atoms with Crippen LogP contribution in [-0.2, 0) is 11.3 Å². The lowest BCUT2D eigenvalue weighted by molar-refractivity contribution is -0.117. The smallest absolute Gasteiger partial charge is 0.238 e. The van der Waals surface area contributed by atoms with Crippen LogP contribution in [0.25, 0.3) is 0 Å². The fourth-order valence-corrected chi connectivity index (χ4v) is 3.37. The number of amides is 1. The molecule has 0 atom stereocenters. The van der Waals surface area contributed by atoms with Crippen molar-refractivity contribution in [1.29, 1.82) is 0 Å². The second-order valence-corrected chi connectivity index (χ2v) is 7.08. The van der Waals surface area contributed by atoms with E-state index in [4.69, 9.17) is 11.6 Å². The van der Waals surface area contributed by atoms with Crippen LogP contribution in [0.5, 0.6) is 0 Å². The summed E-state index contributed by atoms with van der Waals surface area (Å²) in [7, 11) is 0. The summed E-state index contributed by atoms with van der Waals surface area (Å²) in [4.78, 5) is 16.5. The van der Waals surface area contributed by atoms with Gasteiger partial charge in [-0.05, 0) is 43.8 Å². The molecule has 3 rings (SSSR count). The Morgan fingerprint density at radius 1 is 1.00 bits per heavy atom. The van der Waals surface area contributed by atoms with Crippen LogP contribution in [0.3, 0.4) is 0 Å². The first-order valence-corrected chi connectivity index (χ1v) is 9.32. The molecule has 0 aromatic heterocycles. The van der Waals surface area contributed by atoms with Gasteiger partial charge in [0.05, 0.1) is 11.6 Å². The fraction of sp³-hybridized carbons (Fsp3) is 0.350. The molecule has 1 heterocycles. The molecule has 1 amide bonds. The van der Waals surface area contributed by atoms with Crippen molar-refractivity contribution in [2.75, 3.05) is 38.0 Å². The van der Waals surface area contributed by atoms with Gasteiger partial charge >= 0.3 is 0 Å². The van der Waals surface area contributed by atoms with Crippen LogP contribution in [0, 0.1) is 11.6 Å². The molecule has 0 saturated carbocycles. The molecule has 0 unspecified atom stereocenters. The van der Waals surface area contributed by atoms with E-state index in [1.165, 1.54) is 24.3 Å². The van der Waals surface area contributed by atoms with Gasteiger partial charge in [0.15, 0.2) is 0 Å². The summed E-state index contributed by atoms with van der Waals surface area (Å²) in [5.74, 6) is -0.867. The van der Waals surface area contributed by atoms with E-state index in [-0.39, 0.29) is 23.3 Å². The Bertz CT molecular complexity index is 803. The highest BCUT2D eigenvalue weighted by Crippen LogP contribution is 2.19. The number of halogens is 3. The maximum atomic E-state index is 13.8. The van der Waals surface area contributed by atoms with Crippen LogP contribution in [0.15, 0.2) is 42.5 Å². The SMILES string of the molecule is O=C(CN1CCCN(Cc2ccccc2F)CC1)Nc1ccc(F)c(Cl)c1. The van der Waals surface area contributed by atoms with Gasteiger partial charge in [0.2, 0.25) is 5.91 Å². The first-order valence-electron chi connectivity index (χ1n) is 8.94. The molecule has 27 heavy (non-hydrogen) atoms. The topological polar surface area (TPSA) is 35.6 Å². The number of nitrogens with one attached hydrogen (secondary N) is 1. The molecule has 7 heteroatoms. The molecule has 1 aliphatic rings. The third-order valence-corrected chi connectivity index (χ3v) is 4.89. The third kappa shape index (κ3) is 5.73. The molecule has 1 fully saturated rings. The summed E-state index contributed by atoms with van der Waals surface area (Å²) < 4.78 is 27.0. The Hall–Kier alpha value is -2.02. The fourth-order valence-electron chi connectivity index (χ4n) is 3.19. The maximum absolute atomic E-state index is 13.8. The summed E-state index contributed by atoms with van der Waals surface area (Å²) in [6, 6.07) is 10.9. The van der Waals surface area contributed by atoms with Crippen LogP contribution >= 0.6 is 11.6 Å². The number of anilines is 1. The van der Waals surface area contributed by atoms with E-state index >= 15 is 0 Å². The van der Waals surface area contributed by atoms with Crippen LogP contribution in [0.2, 0.25) is 5.02 Å². The monoisotopic (exact) mass is 393 g/mol. The second kappa shape index (κ2) is 9.26. The normalized spacial score (nSPS) is 16.1.